The molecule has 0 saturated carbocycles. The van der Waals surface area contributed by atoms with Crippen LogP contribution in [0.1, 0.15) is 15.5 Å². The quantitative estimate of drug-likeness (QED) is 0.626. The molecule has 0 amide bonds. The van der Waals surface area contributed by atoms with E-state index in [0.29, 0.717) is 13.1 Å². The first-order chi connectivity index (χ1) is 12.2. The monoisotopic (exact) mass is 357 g/mol. The van der Waals surface area contributed by atoms with Crippen molar-refractivity contribution in [2.45, 2.75) is 26.1 Å². The largest absolute Gasteiger partial charge is 0.491 e. The molecule has 3 aromatic rings. The number of para-hydroxylation sites is 1. The Morgan fingerprint density at radius 1 is 1.08 bits per heavy atom. The van der Waals surface area contributed by atoms with Crippen LogP contribution in [-0.2, 0) is 13.1 Å². The molecule has 1 atom stereocenters. The van der Waals surface area contributed by atoms with Gasteiger partial charge in [0.1, 0.15) is 24.2 Å². The van der Waals surface area contributed by atoms with Crippen LogP contribution in [0.3, 0.4) is 0 Å². The van der Waals surface area contributed by atoms with Crippen molar-refractivity contribution in [1.29, 1.82) is 0 Å². The molecule has 1 aromatic carbocycles. The Bertz CT molecular complexity index is 739. The van der Waals surface area contributed by atoms with Gasteiger partial charge in [0, 0.05) is 22.8 Å². The molecule has 25 heavy (non-hydrogen) atoms. The lowest BCUT2D eigenvalue weighted by Crippen LogP contribution is -2.34. The zero-order valence-electron chi connectivity index (χ0n) is 14.3. The molecule has 5 heteroatoms. The Labute approximate surface area is 152 Å². The maximum absolute atomic E-state index is 10.4. The molecule has 3 rings (SSSR count). The summed E-state index contributed by atoms with van der Waals surface area (Å²) in [5.74, 6) is 1.66. The average Bonchev–Trinajstić information content (AvgIpc) is 3.26. The molecular weight excluding hydrogens is 334 g/mol. The number of ether oxygens (including phenoxy) is 1. The number of aliphatic hydroxyl groups is 1. The summed E-state index contributed by atoms with van der Waals surface area (Å²) in [6.45, 7) is 4.33. The molecule has 1 N–H and O–H groups in total. The third-order valence-corrected chi connectivity index (χ3v) is 4.77. The minimum atomic E-state index is -0.573. The van der Waals surface area contributed by atoms with Gasteiger partial charge in [0.25, 0.3) is 0 Å². The van der Waals surface area contributed by atoms with Crippen molar-refractivity contribution >= 4 is 11.3 Å². The van der Waals surface area contributed by atoms with E-state index in [0.717, 1.165) is 18.1 Å². The molecule has 0 spiro atoms. The fourth-order valence-electron chi connectivity index (χ4n) is 2.66. The Kier molecular flexibility index (Phi) is 6.28. The molecule has 0 aliphatic rings. The van der Waals surface area contributed by atoms with Crippen LogP contribution in [0.5, 0.6) is 5.75 Å². The summed E-state index contributed by atoms with van der Waals surface area (Å²) in [6, 6.07) is 17.7. The van der Waals surface area contributed by atoms with E-state index in [1.165, 1.54) is 9.75 Å². The number of aryl methyl sites for hydroxylation is 1. The van der Waals surface area contributed by atoms with Crippen LogP contribution in [0.2, 0.25) is 0 Å². The Hall–Kier alpha value is -2.08. The fraction of sp³-hybridized carbons (Fsp3) is 0.300. The summed E-state index contributed by atoms with van der Waals surface area (Å²) < 4.78 is 11.1. The van der Waals surface area contributed by atoms with Crippen molar-refractivity contribution in [3.05, 3.63) is 76.4 Å². The highest BCUT2D eigenvalue weighted by Crippen LogP contribution is 2.19. The van der Waals surface area contributed by atoms with Crippen molar-refractivity contribution in [2.75, 3.05) is 13.2 Å². The normalized spacial score (nSPS) is 12.4. The van der Waals surface area contributed by atoms with E-state index >= 15 is 0 Å². The Balaban J connectivity index is 1.57. The smallest absolute Gasteiger partial charge is 0.119 e. The zero-order chi connectivity index (χ0) is 17.5. The van der Waals surface area contributed by atoms with Crippen molar-refractivity contribution in [3.63, 3.8) is 0 Å². The first kappa shape index (κ1) is 17.7. The van der Waals surface area contributed by atoms with Gasteiger partial charge in [-0.15, -0.1) is 11.3 Å². The number of aliphatic hydroxyl groups excluding tert-OH is 1. The summed E-state index contributed by atoms with van der Waals surface area (Å²) in [4.78, 5) is 4.75. The highest BCUT2D eigenvalue weighted by atomic mass is 32.1. The predicted molar refractivity (Wildman–Crippen MR) is 99.8 cm³/mol. The first-order valence-electron chi connectivity index (χ1n) is 8.35. The molecule has 0 bridgehead atoms. The number of thiophene rings is 1. The molecule has 0 fully saturated rings. The van der Waals surface area contributed by atoms with Gasteiger partial charge < -0.3 is 14.3 Å². The van der Waals surface area contributed by atoms with E-state index < -0.39 is 6.10 Å². The summed E-state index contributed by atoms with van der Waals surface area (Å²) in [5, 5.41) is 10.4. The maximum atomic E-state index is 10.4. The van der Waals surface area contributed by atoms with E-state index in [-0.39, 0.29) is 6.61 Å². The summed E-state index contributed by atoms with van der Waals surface area (Å²) >= 11 is 1.78. The van der Waals surface area contributed by atoms with Crippen LogP contribution in [0.25, 0.3) is 0 Å². The van der Waals surface area contributed by atoms with Gasteiger partial charge in [-0.25, -0.2) is 0 Å². The number of furan rings is 1. The SMILES string of the molecule is Cc1ccc(CN(Cc2ccco2)C[C@@H](O)COc2ccccc2)s1. The number of hydrogen-bond donors (Lipinski definition) is 1. The second kappa shape index (κ2) is 8.85. The third kappa shape index (κ3) is 5.74. The topological polar surface area (TPSA) is 45.8 Å². The van der Waals surface area contributed by atoms with Crippen LogP contribution in [0.15, 0.2) is 65.3 Å². The van der Waals surface area contributed by atoms with Gasteiger partial charge in [-0.2, -0.15) is 0 Å². The van der Waals surface area contributed by atoms with E-state index in [4.69, 9.17) is 9.15 Å². The lowest BCUT2D eigenvalue weighted by atomic mass is 10.3. The highest BCUT2D eigenvalue weighted by Gasteiger charge is 2.15. The van der Waals surface area contributed by atoms with Crippen molar-refractivity contribution in [3.8, 4) is 5.75 Å². The van der Waals surface area contributed by atoms with Gasteiger partial charge in [-0.05, 0) is 43.3 Å². The zero-order valence-corrected chi connectivity index (χ0v) is 15.1. The Morgan fingerprint density at radius 2 is 1.92 bits per heavy atom. The predicted octanol–water partition coefficient (Wildman–Crippen LogP) is 4.09. The molecule has 2 aromatic heterocycles. The molecule has 0 aliphatic heterocycles. The minimum absolute atomic E-state index is 0.266. The number of rotatable bonds is 9. The lowest BCUT2D eigenvalue weighted by Gasteiger charge is -2.24. The van der Waals surface area contributed by atoms with E-state index in [1.54, 1.807) is 17.6 Å². The third-order valence-electron chi connectivity index (χ3n) is 3.79. The van der Waals surface area contributed by atoms with Gasteiger partial charge in [0.15, 0.2) is 0 Å². The van der Waals surface area contributed by atoms with E-state index in [2.05, 4.69) is 24.0 Å². The van der Waals surface area contributed by atoms with Gasteiger partial charge >= 0.3 is 0 Å². The second-order valence-electron chi connectivity index (χ2n) is 6.04. The summed E-state index contributed by atoms with van der Waals surface area (Å²) in [5.41, 5.74) is 0. The van der Waals surface area contributed by atoms with Crippen molar-refractivity contribution in [1.82, 2.24) is 4.90 Å². The lowest BCUT2D eigenvalue weighted by molar-refractivity contribution is 0.0608. The molecule has 132 valence electrons. The number of benzene rings is 1. The van der Waals surface area contributed by atoms with Gasteiger partial charge in [0.2, 0.25) is 0 Å². The molecule has 0 aliphatic carbocycles. The van der Waals surface area contributed by atoms with Crippen molar-refractivity contribution < 1.29 is 14.3 Å². The molecule has 0 saturated heterocycles. The minimum Gasteiger partial charge on any atom is -0.491 e. The number of hydrogen-bond acceptors (Lipinski definition) is 5. The fourth-order valence-corrected chi connectivity index (χ4v) is 3.59. The van der Waals surface area contributed by atoms with Crippen molar-refractivity contribution in [2.24, 2.45) is 0 Å². The Morgan fingerprint density at radius 3 is 2.60 bits per heavy atom. The molecule has 4 nitrogen and oxygen atoms in total. The van der Waals surface area contributed by atoms with Crippen LogP contribution in [0.4, 0.5) is 0 Å². The van der Waals surface area contributed by atoms with Gasteiger partial charge in [-0.1, -0.05) is 18.2 Å². The second-order valence-corrected chi connectivity index (χ2v) is 7.41. The summed E-state index contributed by atoms with van der Waals surface area (Å²) in [6.07, 6.45) is 1.11. The molecule has 0 unspecified atom stereocenters. The van der Waals surface area contributed by atoms with Crippen LogP contribution in [0, 0.1) is 6.92 Å². The maximum Gasteiger partial charge on any atom is 0.119 e. The summed E-state index contributed by atoms with van der Waals surface area (Å²) in [7, 11) is 0. The van der Waals surface area contributed by atoms with Gasteiger partial charge in [0.05, 0.1) is 12.8 Å². The molecule has 2 heterocycles. The highest BCUT2D eigenvalue weighted by molar-refractivity contribution is 7.11. The van der Waals surface area contributed by atoms with Crippen LogP contribution < -0.4 is 4.74 Å². The van der Waals surface area contributed by atoms with Crippen LogP contribution in [-0.4, -0.2) is 29.3 Å². The molecule has 0 radical (unpaired) electrons. The standard InChI is InChI=1S/C20H23NO3S/c1-16-9-10-20(25-16)14-21(13-19-8-5-11-23-19)12-17(22)15-24-18-6-3-2-4-7-18/h2-11,17,22H,12-15H2,1H3/t17-/m1/s1. The average molecular weight is 357 g/mol. The van der Waals surface area contributed by atoms with Crippen LogP contribution >= 0.6 is 11.3 Å². The molecular formula is C20H23NO3S. The van der Waals surface area contributed by atoms with Gasteiger partial charge in [-0.3, -0.25) is 4.90 Å². The van der Waals surface area contributed by atoms with E-state index in [1.807, 2.05) is 42.5 Å². The van der Waals surface area contributed by atoms with E-state index in [9.17, 15) is 5.11 Å². The first-order valence-corrected chi connectivity index (χ1v) is 9.16. The number of nitrogens with zero attached hydrogens (tertiary/aromatic N) is 1.